The summed E-state index contributed by atoms with van der Waals surface area (Å²) in [4.78, 5) is 28.9. The second-order valence-corrected chi connectivity index (χ2v) is 9.11. The van der Waals surface area contributed by atoms with E-state index in [9.17, 15) is 9.59 Å². The van der Waals surface area contributed by atoms with Gasteiger partial charge in [-0.15, -0.1) is 0 Å². The number of nitrogens with zero attached hydrogens (tertiary/aromatic N) is 2. The highest BCUT2D eigenvalue weighted by Crippen LogP contribution is 2.43. The predicted molar refractivity (Wildman–Crippen MR) is 120 cm³/mol. The zero-order valence-corrected chi connectivity index (χ0v) is 18.3. The summed E-state index contributed by atoms with van der Waals surface area (Å²) in [6, 6.07) is 13.5. The Morgan fingerprint density at radius 3 is 2.57 bits per heavy atom. The average molecular weight is 404 g/mol. The summed E-state index contributed by atoms with van der Waals surface area (Å²) in [7, 11) is 2.14. The summed E-state index contributed by atoms with van der Waals surface area (Å²) < 4.78 is 0. The molecule has 0 aliphatic carbocycles. The molecule has 3 amide bonds. The Bertz CT molecular complexity index is 1040. The van der Waals surface area contributed by atoms with E-state index in [-0.39, 0.29) is 24.0 Å². The van der Waals surface area contributed by atoms with Gasteiger partial charge in [0.1, 0.15) is 5.70 Å². The number of imide groups is 1. The highest BCUT2D eigenvalue weighted by molar-refractivity contribution is 6.14. The first-order valence-corrected chi connectivity index (χ1v) is 10.4. The lowest BCUT2D eigenvalue weighted by Gasteiger charge is -2.45. The van der Waals surface area contributed by atoms with Crippen LogP contribution in [-0.2, 0) is 11.3 Å². The Hall–Kier alpha value is -3.08. The smallest absolute Gasteiger partial charge is 0.329 e. The van der Waals surface area contributed by atoms with Crippen LogP contribution < -0.4 is 10.2 Å². The zero-order valence-electron chi connectivity index (χ0n) is 18.3. The number of carbonyl (C=O) groups excluding carboxylic acids is 2. The fraction of sp³-hybridized carbons (Fsp3) is 0.360. The van der Waals surface area contributed by atoms with Crippen molar-refractivity contribution in [3.8, 4) is 0 Å². The van der Waals surface area contributed by atoms with Crippen molar-refractivity contribution in [1.29, 1.82) is 0 Å². The van der Waals surface area contributed by atoms with Crippen LogP contribution in [0.5, 0.6) is 0 Å². The minimum absolute atomic E-state index is 0.103. The number of hydrogen-bond donors (Lipinski definition) is 1. The van der Waals surface area contributed by atoms with E-state index in [1.54, 1.807) is 0 Å². The molecule has 0 aromatic heterocycles. The zero-order chi connectivity index (χ0) is 21.6. The first-order chi connectivity index (χ1) is 14.2. The maximum Gasteiger partial charge on any atom is 0.329 e. The lowest BCUT2D eigenvalue weighted by molar-refractivity contribution is -0.123. The Labute approximate surface area is 178 Å². The monoisotopic (exact) mass is 403 g/mol. The van der Waals surface area contributed by atoms with Gasteiger partial charge in [0.05, 0.1) is 6.54 Å². The third kappa shape index (κ3) is 3.49. The maximum atomic E-state index is 12.9. The van der Waals surface area contributed by atoms with Crippen molar-refractivity contribution in [3.05, 3.63) is 70.4 Å². The van der Waals surface area contributed by atoms with Crippen molar-refractivity contribution in [2.75, 3.05) is 11.9 Å². The lowest BCUT2D eigenvalue weighted by atomic mass is 9.79. The van der Waals surface area contributed by atoms with E-state index in [0.717, 1.165) is 23.1 Å². The fourth-order valence-electron chi connectivity index (χ4n) is 4.53. The average Bonchev–Trinajstić information content (AvgIpc) is 2.95. The van der Waals surface area contributed by atoms with Gasteiger partial charge >= 0.3 is 6.03 Å². The summed E-state index contributed by atoms with van der Waals surface area (Å²) in [6.07, 6.45) is 2.88. The van der Waals surface area contributed by atoms with E-state index in [1.807, 2.05) is 36.4 Å². The standard InChI is InChI=1S/C25H29N3O2/c1-16-11-22-20(17(2)14-25(3,4)27(22)5)12-19(16)13-21-23(29)28(24(30)26-21)15-18-9-7-6-8-10-18/h6-13,17H,14-15H2,1-5H3,(H,26,30)/b21-13-/t17-/m0/s1. The summed E-state index contributed by atoms with van der Waals surface area (Å²) in [5.41, 5.74) is 5.94. The highest BCUT2D eigenvalue weighted by atomic mass is 16.2. The van der Waals surface area contributed by atoms with E-state index >= 15 is 0 Å². The topological polar surface area (TPSA) is 52.7 Å². The minimum atomic E-state index is -0.374. The number of carbonyl (C=O) groups is 2. The number of fused-ring (bicyclic) bond motifs is 1. The van der Waals surface area contributed by atoms with Gasteiger partial charge in [0.15, 0.2) is 0 Å². The second-order valence-electron chi connectivity index (χ2n) is 9.11. The van der Waals surface area contributed by atoms with Gasteiger partial charge in [-0.3, -0.25) is 9.69 Å². The molecule has 0 unspecified atom stereocenters. The number of rotatable bonds is 3. The van der Waals surface area contributed by atoms with Gasteiger partial charge in [0.25, 0.3) is 5.91 Å². The molecule has 2 aliphatic heterocycles. The molecule has 1 N–H and O–H groups in total. The number of hydrogen-bond acceptors (Lipinski definition) is 3. The lowest BCUT2D eigenvalue weighted by Crippen LogP contribution is -2.45. The first kappa shape index (κ1) is 20.2. The highest BCUT2D eigenvalue weighted by Gasteiger charge is 2.36. The van der Waals surface area contributed by atoms with Crippen LogP contribution in [0.3, 0.4) is 0 Å². The number of aryl methyl sites for hydroxylation is 1. The molecule has 1 saturated heterocycles. The number of nitrogens with one attached hydrogen (secondary N) is 1. The number of benzene rings is 2. The third-order valence-corrected chi connectivity index (χ3v) is 6.47. The van der Waals surface area contributed by atoms with Crippen molar-refractivity contribution >= 4 is 23.7 Å². The van der Waals surface area contributed by atoms with Gasteiger partial charge in [-0.1, -0.05) is 37.3 Å². The molecule has 0 bridgehead atoms. The van der Waals surface area contributed by atoms with Crippen molar-refractivity contribution < 1.29 is 9.59 Å². The molecule has 156 valence electrons. The van der Waals surface area contributed by atoms with E-state index in [4.69, 9.17) is 0 Å². The van der Waals surface area contributed by atoms with Gasteiger partial charge in [0.2, 0.25) is 0 Å². The van der Waals surface area contributed by atoms with Crippen LogP contribution in [0.2, 0.25) is 0 Å². The van der Waals surface area contributed by atoms with Gasteiger partial charge in [-0.25, -0.2) is 4.79 Å². The second kappa shape index (κ2) is 7.31. The molecular weight excluding hydrogens is 374 g/mol. The molecule has 5 nitrogen and oxygen atoms in total. The SMILES string of the molecule is Cc1cc2c(cc1/C=C1\NC(=O)N(Cc3ccccc3)C1=O)[C@@H](C)CC(C)(C)N2C. The van der Waals surface area contributed by atoms with Crippen LogP contribution in [0.15, 0.2) is 48.2 Å². The van der Waals surface area contributed by atoms with Crippen LogP contribution in [0.1, 0.15) is 55.4 Å². The van der Waals surface area contributed by atoms with Crippen LogP contribution in [0, 0.1) is 6.92 Å². The predicted octanol–water partition coefficient (Wildman–Crippen LogP) is 4.81. The Morgan fingerprint density at radius 1 is 1.17 bits per heavy atom. The number of amides is 3. The third-order valence-electron chi connectivity index (χ3n) is 6.47. The van der Waals surface area contributed by atoms with Gasteiger partial charge in [-0.05, 0) is 73.6 Å². The summed E-state index contributed by atoms with van der Waals surface area (Å²) in [5, 5.41) is 2.75. The molecule has 30 heavy (non-hydrogen) atoms. The van der Waals surface area contributed by atoms with E-state index < -0.39 is 0 Å². The molecular formula is C25H29N3O2. The van der Waals surface area contributed by atoms with E-state index in [2.05, 4.69) is 57.1 Å². The van der Waals surface area contributed by atoms with Crippen molar-refractivity contribution in [3.63, 3.8) is 0 Å². The Morgan fingerprint density at radius 2 is 1.87 bits per heavy atom. The summed E-state index contributed by atoms with van der Waals surface area (Å²) in [6.45, 7) is 9.11. The van der Waals surface area contributed by atoms with Crippen LogP contribution in [-0.4, -0.2) is 29.4 Å². The first-order valence-electron chi connectivity index (χ1n) is 10.4. The largest absolute Gasteiger partial charge is 0.369 e. The molecule has 2 aromatic rings. The number of urea groups is 1. The van der Waals surface area contributed by atoms with Crippen molar-refractivity contribution in [1.82, 2.24) is 10.2 Å². The molecule has 1 atom stereocenters. The van der Waals surface area contributed by atoms with Crippen molar-refractivity contribution in [2.45, 2.75) is 52.1 Å². The Balaban J connectivity index is 1.65. The van der Waals surface area contributed by atoms with E-state index in [0.29, 0.717) is 11.6 Å². The molecule has 5 heteroatoms. The summed E-state index contributed by atoms with van der Waals surface area (Å²) in [5.74, 6) is 0.139. The van der Waals surface area contributed by atoms with Gasteiger partial charge in [0, 0.05) is 18.3 Å². The molecule has 2 aromatic carbocycles. The fourth-order valence-corrected chi connectivity index (χ4v) is 4.53. The summed E-state index contributed by atoms with van der Waals surface area (Å²) >= 11 is 0. The molecule has 4 rings (SSSR count). The minimum Gasteiger partial charge on any atom is -0.369 e. The van der Waals surface area contributed by atoms with Gasteiger partial charge < -0.3 is 10.2 Å². The van der Waals surface area contributed by atoms with Crippen LogP contribution in [0.25, 0.3) is 6.08 Å². The number of anilines is 1. The maximum absolute atomic E-state index is 12.9. The van der Waals surface area contributed by atoms with E-state index in [1.165, 1.54) is 16.2 Å². The Kier molecular flexibility index (Phi) is 4.92. The van der Waals surface area contributed by atoms with Gasteiger partial charge in [-0.2, -0.15) is 0 Å². The van der Waals surface area contributed by atoms with Crippen molar-refractivity contribution in [2.24, 2.45) is 0 Å². The molecule has 0 spiro atoms. The van der Waals surface area contributed by atoms with Crippen LogP contribution >= 0.6 is 0 Å². The quantitative estimate of drug-likeness (QED) is 0.591. The molecule has 0 saturated carbocycles. The molecule has 2 heterocycles. The molecule has 2 aliphatic rings. The van der Waals surface area contributed by atoms with Crippen LogP contribution in [0.4, 0.5) is 10.5 Å². The molecule has 0 radical (unpaired) electrons. The molecule has 1 fully saturated rings. The normalized spacial score (nSPS) is 21.8.